The minimum atomic E-state index is -0.522. The summed E-state index contributed by atoms with van der Waals surface area (Å²) in [5, 5.41) is 4.49. The number of nitrogens with one attached hydrogen (secondary N) is 1. The van der Waals surface area contributed by atoms with Crippen molar-refractivity contribution in [3.05, 3.63) is 94.5 Å². The molecular formula is C23H19ClN2O4. The Hall–Kier alpha value is -3.64. The Morgan fingerprint density at radius 2 is 1.63 bits per heavy atom. The number of para-hydroxylation sites is 1. The molecule has 0 saturated heterocycles. The van der Waals surface area contributed by atoms with Crippen molar-refractivity contribution in [2.24, 2.45) is 5.10 Å². The van der Waals surface area contributed by atoms with Gasteiger partial charge in [-0.25, -0.2) is 10.2 Å². The number of benzene rings is 3. The van der Waals surface area contributed by atoms with E-state index in [1.807, 2.05) is 6.92 Å². The molecule has 0 aliphatic heterocycles. The van der Waals surface area contributed by atoms with Crippen LogP contribution < -0.4 is 14.9 Å². The van der Waals surface area contributed by atoms with Crippen LogP contribution in [0.5, 0.6) is 11.5 Å². The smallest absolute Gasteiger partial charge is 0.343 e. The number of ether oxygens (including phenoxy) is 2. The predicted molar refractivity (Wildman–Crippen MR) is 116 cm³/mol. The van der Waals surface area contributed by atoms with Gasteiger partial charge in [0.1, 0.15) is 11.5 Å². The first-order valence-electron chi connectivity index (χ1n) is 9.20. The molecule has 0 unspecified atom stereocenters. The van der Waals surface area contributed by atoms with Gasteiger partial charge in [-0.15, -0.1) is 0 Å². The van der Waals surface area contributed by atoms with E-state index in [1.165, 1.54) is 6.21 Å². The number of hydrazone groups is 1. The Morgan fingerprint density at radius 1 is 0.967 bits per heavy atom. The van der Waals surface area contributed by atoms with E-state index in [2.05, 4.69) is 10.5 Å². The van der Waals surface area contributed by atoms with Gasteiger partial charge in [0.25, 0.3) is 5.91 Å². The Bertz CT molecular complexity index is 1050. The van der Waals surface area contributed by atoms with Gasteiger partial charge in [0.05, 0.1) is 18.4 Å². The van der Waals surface area contributed by atoms with Gasteiger partial charge in [-0.05, 0) is 67.6 Å². The van der Waals surface area contributed by atoms with Crippen LogP contribution in [0.2, 0.25) is 5.02 Å². The molecule has 6 nitrogen and oxygen atoms in total. The van der Waals surface area contributed by atoms with Crippen LogP contribution in [0.25, 0.3) is 0 Å². The van der Waals surface area contributed by atoms with Crippen molar-refractivity contribution in [2.75, 3.05) is 6.61 Å². The van der Waals surface area contributed by atoms with E-state index < -0.39 is 5.97 Å². The summed E-state index contributed by atoms with van der Waals surface area (Å²) in [6, 6.07) is 20.0. The van der Waals surface area contributed by atoms with E-state index in [-0.39, 0.29) is 5.91 Å². The molecule has 0 fully saturated rings. The molecule has 0 aliphatic rings. The highest BCUT2D eigenvalue weighted by Crippen LogP contribution is 2.19. The molecule has 0 aliphatic carbocycles. The van der Waals surface area contributed by atoms with E-state index in [9.17, 15) is 9.59 Å². The first-order chi connectivity index (χ1) is 14.6. The maximum atomic E-state index is 12.3. The molecule has 0 spiro atoms. The normalized spacial score (nSPS) is 10.6. The van der Waals surface area contributed by atoms with Crippen molar-refractivity contribution >= 4 is 29.7 Å². The number of halogens is 1. The second kappa shape index (κ2) is 10.2. The summed E-state index contributed by atoms with van der Waals surface area (Å²) in [6.07, 6.45) is 1.41. The summed E-state index contributed by atoms with van der Waals surface area (Å²) < 4.78 is 10.8. The molecule has 7 heteroatoms. The fourth-order valence-corrected chi connectivity index (χ4v) is 2.65. The highest BCUT2D eigenvalue weighted by Gasteiger charge is 2.11. The van der Waals surface area contributed by atoms with Gasteiger partial charge < -0.3 is 9.47 Å². The lowest BCUT2D eigenvalue weighted by Gasteiger charge is -2.07. The lowest BCUT2D eigenvalue weighted by Crippen LogP contribution is -2.17. The molecule has 0 bridgehead atoms. The number of hydrogen-bond donors (Lipinski definition) is 1. The maximum absolute atomic E-state index is 12.3. The van der Waals surface area contributed by atoms with E-state index in [1.54, 1.807) is 72.8 Å². The lowest BCUT2D eigenvalue weighted by molar-refractivity contribution is 0.0734. The Morgan fingerprint density at radius 3 is 2.33 bits per heavy atom. The van der Waals surface area contributed by atoms with E-state index in [0.717, 1.165) is 0 Å². The largest absolute Gasteiger partial charge is 0.494 e. The molecule has 0 heterocycles. The van der Waals surface area contributed by atoms with Crippen LogP contribution in [0, 0.1) is 0 Å². The molecule has 30 heavy (non-hydrogen) atoms. The third-order valence-electron chi connectivity index (χ3n) is 4.00. The van der Waals surface area contributed by atoms with Crippen LogP contribution >= 0.6 is 11.6 Å². The topological polar surface area (TPSA) is 77.0 Å². The van der Waals surface area contributed by atoms with Crippen molar-refractivity contribution in [1.29, 1.82) is 0 Å². The summed E-state index contributed by atoms with van der Waals surface area (Å²) in [6.45, 7) is 2.44. The molecule has 0 atom stereocenters. The van der Waals surface area contributed by atoms with E-state index in [0.29, 0.717) is 39.8 Å². The number of hydrogen-bond acceptors (Lipinski definition) is 5. The zero-order valence-electron chi connectivity index (χ0n) is 16.2. The van der Waals surface area contributed by atoms with Gasteiger partial charge in [0.15, 0.2) is 0 Å². The van der Waals surface area contributed by atoms with Crippen molar-refractivity contribution in [3.8, 4) is 11.5 Å². The van der Waals surface area contributed by atoms with Crippen LogP contribution in [-0.4, -0.2) is 24.7 Å². The summed E-state index contributed by atoms with van der Waals surface area (Å²) in [5.74, 6) is 0.112. The van der Waals surface area contributed by atoms with Crippen LogP contribution in [0.4, 0.5) is 0 Å². The fraction of sp³-hybridized carbons (Fsp3) is 0.0870. The molecule has 3 aromatic carbocycles. The number of nitrogens with zero attached hydrogens (tertiary/aromatic N) is 1. The van der Waals surface area contributed by atoms with Crippen LogP contribution in [0.3, 0.4) is 0 Å². The summed E-state index contributed by atoms with van der Waals surface area (Å²) in [4.78, 5) is 24.5. The minimum absolute atomic E-state index is 0.316. The first-order valence-corrected chi connectivity index (χ1v) is 9.57. The number of amides is 1. The molecule has 3 rings (SSSR count). The molecule has 1 N–H and O–H groups in total. The SMILES string of the molecule is CCOc1ccc(C(=O)NN=Cc2ccccc2OC(=O)c2ccc(Cl)cc2)cc1. The van der Waals surface area contributed by atoms with E-state index in [4.69, 9.17) is 21.1 Å². The second-order valence-electron chi connectivity index (χ2n) is 6.09. The first kappa shape index (κ1) is 21.1. The molecular weight excluding hydrogens is 404 g/mol. The lowest BCUT2D eigenvalue weighted by atomic mass is 10.2. The molecule has 3 aromatic rings. The maximum Gasteiger partial charge on any atom is 0.343 e. The zero-order chi connectivity index (χ0) is 21.3. The third-order valence-corrected chi connectivity index (χ3v) is 4.25. The monoisotopic (exact) mass is 422 g/mol. The van der Waals surface area contributed by atoms with Gasteiger partial charge in [0.2, 0.25) is 0 Å². The van der Waals surface area contributed by atoms with Crippen LogP contribution in [0.15, 0.2) is 77.9 Å². The highest BCUT2D eigenvalue weighted by atomic mass is 35.5. The van der Waals surface area contributed by atoms with Gasteiger partial charge in [-0.2, -0.15) is 5.10 Å². The van der Waals surface area contributed by atoms with E-state index >= 15 is 0 Å². The summed E-state index contributed by atoms with van der Waals surface area (Å²) >= 11 is 5.84. The molecule has 152 valence electrons. The van der Waals surface area contributed by atoms with Gasteiger partial charge >= 0.3 is 5.97 Å². The minimum Gasteiger partial charge on any atom is -0.494 e. The molecule has 1 amide bonds. The number of carbonyl (C=O) groups excluding carboxylic acids is 2. The van der Waals surface area contributed by atoms with Crippen LogP contribution in [-0.2, 0) is 0 Å². The highest BCUT2D eigenvalue weighted by molar-refractivity contribution is 6.30. The van der Waals surface area contributed by atoms with Crippen LogP contribution in [0.1, 0.15) is 33.2 Å². The molecule has 0 aromatic heterocycles. The predicted octanol–water partition coefficient (Wildman–Crippen LogP) is 4.72. The zero-order valence-corrected chi connectivity index (χ0v) is 16.9. The number of esters is 1. The Balaban J connectivity index is 1.65. The van der Waals surface area contributed by atoms with Gasteiger partial charge in [-0.1, -0.05) is 23.7 Å². The van der Waals surface area contributed by atoms with Crippen molar-refractivity contribution in [3.63, 3.8) is 0 Å². The summed E-state index contributed by atoms with van der Waals surface area (Å²) in [7, 11) is 0. The quantitative estimate of drug-likeness (QED) is 0.258. The average molecular weight is 423 g/mol. The van der Waals surface area contributed by atoms with Gasteiger partial charge in [-0.3, -0.25) is 4.79 Å². The van der Waals surface area contributed by atoms with Crippen molar-refractivity contribution in [2.45, 2.75) is 6.92 Å². The summed E-state index contributed by atoms with van der Waals surface area (Å²) in [5.41, 5.74) is 3.80. The second-order valence-corrected chi connectivity index (χ2v) is 6.53. The third kappa shape index (κ3) is 5.68. The van der Waals surface area contributed by atoms with Crippen molar-refractivity contribution in [1.82, 2.24) is 5.43 Å². The Labute approximate surface area is 179 Å². The van der Waals surface area contributed by atoms with Gasteiger partial charge in [0, 0.05) is 16.1 Å². The Kier molecular flexibility index (Phi) is 7.19. The van der Waals surface area contributed by atoms with Crippen molar-refractivity contribution < 1.29 is 19.1 Å². The number of rotatable bonds is 7. The standard InChI is InChI=1S/C23H19ClN2O4/c1-2-29-20-13-9-16(10-14-20)22(27)26-25-15-18-5-3-4-6-21(18)30-23(28)17-7-11-19(24)12-8-17/h3-15H,2H2,1H3,(H,26,27). The fourth-order valence-electron chi connectivity index (χ4n) is 2.52. The average Bonchev–Trinajstić information content (AvgIpc) is 2.76. The molecule has 0 saturated carbocycles. The molecule has 0 radical (unpaired) electrons. The number of carbonyl (C=O) groups is 2.